The van der Waals surface area contributed by atoms with E-state index in [0.717, 1.165) is 12.1 Å². The van der Waals surface area contributed by atoms with Crippen molar-refractivity contribution in [1.82, 2.24) is 20.2 Å². The Morgan fingerprint density at radius 1 is 1.12 bits per heavy atom. The lowest BCUT2D eigenvalue weighted by atomic mass is 10.0. The van der Waals surface area contributed by atoms with Crippen LogP contribution in [0.5, 0.6) is 5.75 Å². The van der Waals surface area contributed by atoms with Gasteiger partial charge in [0, 0.05) is 13.1 Å². The molecular formula is C24H29FN4O3. The van der Waals surface area contributed by atoms with Crippen molar-refractivity contribution in [2.75, 3.05) is 7.05 Å². The number of carbonyl (C=O) groups is 1. The summed E-state index contributed by atoms with van der Waals surface area (Å²) in [5, 5.41) is 12.0. The number of aromatic hydroxyl groups is 1. The smallest absolute Gasteiger partial charge is 0.293 e. The summed E-state index contributed by atoms with van der Waals surface area (Å²) >= 11 is 0. The van der Waals surface area contributed by atoms with Crippen LogP contribution < -0.4 is 10.9 Å². The first-order valence-corrected chi connectivity index (χ1v) is 10.1. The highest BCUT2D eigenvalue weighted by Gasteiger charge is 2.29. The zero-order valence-electron chi connectivity index (χ0n) is 18.7. The number of hydrogen-bond acceptors (Lipinski definition) is 5. The van der Waals surface area contributed by atoms with Crippen LogP contribution in [0.1, 0.15) is 36.5 Å². The number of halogens is 1. The van der Waals surface area contributed by atoms with E-state index in [-0.39, 0.29) is 11.6 Å². The number of rotatable bonds is 7. The third-order valence-electron chi connectivity index (χ3n) is 5.17. The lowest BCUT2D eigenvalue weighted by Gasteiger charge is -2.34. The van der Waals surface area contributed by atoms with Gasteiger partial charge in [-0.2, -0.15) is 0 Å². The van der Waals surface area contributed by atoms with Gasteiger partial charge in [0.2, 0.25) is 12.2 Å². The number of nitrogens with one attached hydrogen (secondary N) is 2. The molecule has 0 aliphatic carbocycles. The summed E-state index contributed by atoms with van der Waals surface area (Å²) in [5.74, 6) is -0.0404. The van der Waals surface area contributed by atoms with E-state index in [1.807, 2.05) is 39.1 Å². The summed E-state index contributed by atoms with van der Waals surface area (Å²) < 4.78 is 12.3. The van der Waals surface area contributed by atoms with Crippen molar-refractivity contribution in [3.8, 4) is 5.75 Å². The van der Waals surface area contributed by atoms with Crippen molar-refractivity contribution in [3.63, 3.8) is 0 Å². The van der Waals surface area contributed by atoms with Crippen LogP contribution in [0.3, 0.4) is 0 Å². The van der Waals surface area contributed by atoms with E-state index in [9.17, 15) is 19.1 Å². The second kappa shape index (κ2) is 11.2. The predicted octanol–water partition coefficient (Wildman–Crippen LogP) is 3.22. The molecule has 7 nitrogen and oxygen atoms in total. The van der Waals surface area contributed by atoms with Crippen molar-refractivity contribution in [3.05, 3.63) is 93.4 Å². The largest absolute Gasteiger partial charge is 0.502 e. The van der Waals surface area contributed by atoms with Gasteiger partial charge < -0.3 is 15.4 Å². The number of amides is 1. The minimum Gasteiger partial charge on any atom is -0.502 e. The number of aromatic amines is 1. The summed E-state index contributed by atoms with van der Waals surface area (Å²) in [6.07, 6.45) is 0.614. The summed E-state index contributed by atoms with van der Waals surface area (Å²) in [6.45, 7) is 6.79. The number of hydrogen-bond donors (Lipinski definition) is 3. The van der Waals surface area contributed by atoms with Gasteiger partial charge in [-0.05, 0) is 51.1 Å². The summed E-state index contributed by atoms with van der Waals surface area (Å²) in [7, 11) is 1.98. The van der Waals surface area contributed by atoms with Gasteiger partial charge in [0.05, 0.1) is 11.2 Å². The Bertz CT molecular complexity index is 1070. The standard InChI is InChI=1S/C16H21N3O2.C8H8FNO/c1-11-13(20)14(21)18-15(17-11)16(2,3)19(4)10-12-8-6-5-7-9-12;9-8-3-1-7(2-4-8)5-10-6-11/h5-9,20H,10H2,1-4H3,(H,17,18,21);1-4,6H,5H2,(H,10,11). The van der Waals surface area contributed by atoms with Crippen LogP contribution in [0.2, 0.25) is 0 Å². The van der Waals surface area contributed by atoms with Crippen LogP contribution in [0.4, 0.5) is 4.39 Å². The maximum absolute atomic E-state index is 12.3. The van der Waals surface area contributed by atoms with Gasteiger partial charge in [0.15, 0.2) is 0 Å². The number of aryl methyl sites for hydroxylation is 1. The first-order chi connectivity index (χ1) is 15.1. The van der Waals surface area contributed by atoms with Gasteiger partial charge in [-0.3, -0.25) is 14.5 Å². The fourth-order valence-corrected chi connectivity index (χ4v) is 2.87. The number of benzene rings is 2. The molecule has 1 heterocycles. The molecule has 3 N–H and O–H groups in total. The van der Waals surface area contributed by atoms with Crippen LogP contribution in [0.15, 0.2) is 59.4 Å². The number of nitrogens with zero attached hydrogens (tertiary/aromatic N) is 2. The van der Waals surface area contributed by atoms with Crippen LogP contribution in [0, 0.1) is 12.7 Å². The van der Waals surface area contributed by atoms with Crippen molar-refractivity contribution >= 4 is 6.41 Å². The van der Waals surface area contributed by atoms with Gasteiger partial charge >= 0.3 is 0 Å². The molecule has 1 amide bonds. The highest BCUT2D eigenvalue weighted by atomic mass is 19.1. The van der Waals surface area contributed by atoms with Crippen LogP contribution in [-0.4, -0.2) is 33.4 Å². The minimum absolute atomic E-state index is 0.264. The SMILES string of the molecule is Cc1nc(C(C)(C)N(C)Cc2ccccc2)[nH]c(=O)c1O.O=CNCc1ccc(F)cc1. The Morgan fingerprint density at radius 2 is 1.75 bits per heavy atom. The Balaban J connectivity index is 0.000000278. The summed E-state index contributed by atoms with van der Waals surface area (Å²) in [6, 6.07) is 16.1. The maximum atomic E-state index is 12.3. The molecule has 0 saturated heterocycles. The zero-order chi connectivity index (χ0) is 23.7. The lowest BCUT2D eigenvalue weighted by molar-refractivity contribution is -0.109. The predicted molar refractivity (Wildman–Crippen MR) is 121 cm³/mol. The zero-order valence-corrected chi connectivity index (χ0v) is 18.7. The molecule has 0 aliphatic rings. The number of carbonyl (C=O) groups excluding carboxylic acids is 1. The average Bonchev–Trinajstić information content (AvgIpc) is 2.78. The molecule has 170 valence electrons. The molecule has 0 unspecified atom stereocenters. The van der Waals surface area contributed by atoms with E-state index in [1.165, 1.54) is 17.7 Å². The van der Waals surface area contributed by atoms with Crippen molar-refractivity contribution in [2.45, 2.75) is 39.4 Å². The molecule has 2 aromatic carbocycles. The van der Waals surface area contributed by atoms with Crippen molar-refractivity contribution in [2.24, 2.45) is 0 Å². The first-order valence-electron chi connectivity index (χ1n) is 10.1. The van der Waals surface area contributed by atoms with Gasteiger partial charge in [-0.25, -0.2) is 9.37 Å². The Kier molecular flexibility index (Phi) is 8.66. The van der Waals surface area contributed by atoms with Crippen LogP contribution in [-0.2, 0) is 23.4 Å². The van der Waals surface area contributed by atoms with E-state index in [2.05, 4.69) is 32.3 Å². The molecule has 0 atom stereocenters. The number of H-pyrrole nitrogens is 1. The van der Waals surface area contributed by atoms with E-state index < -0.39 is 11.1 Å². The fraction of sp³-hybridized carbons (Fsp3) is 0.292. The topological polar surface area (TPSA) is 98.3 Å². The third-order valence-corrected chi connectivity index (χ3v) is 5.17. The van der Waals surface area contributed by atoms with E-state index in [1.54, 1.807) is 19.1 Å². The second-order valence-electron chi connectivity index (χ2n) is 7.87. The molecule has 0 fully saturated rings. The van der Waals surface area contributed by atoms with Gasteiger partial charge in [0.1, 0.15) is 11.6 Å². The molecule has 0 bridgehead atoms. The molecule has 1 aromatic heterocycles. The third kappa shape index (κ3) is 6.75. The van der Waals surface area contributed by atoms with Crippen LogP contribution >= 0.6 is 0 Å². The summed E-state index contributed by atoms with van der Waals surface area (Å²) in [4.78, 5) is 30.7. The van der Waals surface area contributed by atoms with Crippen molar-refractivity contribution in [1.29, 1.82) is 0 Å². The van der Waals surface area contributed by atoms with E-state index in [4.69, 9.17) is 0 Å². The van der Waals surface area contributed by atoms with Gasteiger partial charge in [-0.1, -0.05) is 42.5 Å². The Labute approximate surface area is 187 Å². The van der Waals surface area contributed by atoms with Crippen molar-refractivity contribution < 1.29 is 14.3 Å². The molecule has 3 aromatic rings. The Morgan fingerprint density at radius 3 is 2.31 bits per heavy atom. The normalized spacial score (nSPS) is 10.9. The quantitative estimate of drug-likeness (QED) is 0.490. The van der Waals surface area contributed by atoms with E-state index >= 15 is 0 Å². The molecule has 32 heavy (non-hydrogen) atoms. The molecular weight excluding hydrogens is 411 g/mol. The molecule has 3 rings (SSSR count). The highest BCUT2D eigenvalue weighted by molar-refractivity contribution is 5.46. The van der Waals surface area contributed by atoms with Crippen LogP contribution in [0.25, 0.3) is 0 Å². The molecule has 8 heteroatoms. The highest BCUT2D eigenvalue weighted by Crippen LogP contribution is 2.25. The number of aromatic nitrogens is 2. The minimum atomic E-state index is -0.501. The molecule has 0 spiro atoms. The monoisotopic (exact) mass is 440 g/mol. The Hall–Kier alpha value is -3.52. The second-order valence-corrected chi connectivity index (χ2v) is 7.87. The fourth-order valence-electron chi connectivity index (χ4n) is 2.87. The molecule has 0 saturated carbocycles. The maximum Gasteiger partial charge on any atom is 0.293 e. The van der Waals surface area contributed by atoms with Gasteiger partial charge in [-0.15, -0.1) is 0 Å². The van der Waals surface area contributed by atoms with E-state index in [0.29, 0.717) is 24.5 Å². The molecule has 0 aliphatic heterocycles. The lowest BCUT2D eigenvalue weighted by Crippen LogP contribution is -2.40. The van der Waals surface area contributed by atoms with Gasteiger partial charge in [0.25, 0.3) is 5.56 Å². The summed E-state index contributed by atoms with van der Waals surface area (Å²) in [5.41, 5.74) is 1.45. The molecule has 0 radical (unpaired) electrons. The average molecular weight is 441 g/mol. The first kappa shape index (κ1) is 24.7.